The predicted octanol–water partition coefficient (Wildman–Crippen LogP) is 3.63. The second-order valence-corrected chi connectivity index (χ2v) is 4.94. The van der Waals surface area contributed by atoms with E-state index in [9.17, 15) is 0 Å². The summed E-state index contributed by atoms with van der Waals surface area (Å²) in [4.78, 5) is 6.36. The number of rotatable bonds is 4. The molecule has 0 radical (unpaired) electrons. The molecule has 0 bridgehead atoms. The van der Waals surface area contributed by atoms with Crippen LogP contribution in [0.1, 0.15) is 20.3 Å². The molecular weight excluding hydrogens is 289 g/mol. The van der Waals surface area contributed by atoms with E-state index >= 15 is 0 Å². The van der Waals surface area contributed by atoms with Crippen molar-refractivity contribution in [3.63, 3.8) is 0 Å². The van der Waals surface area contributed by atoms with Crippen LogP contribution in [-0.2, 0) is 0 Å². The summed E-state index contributed by atoms with van der Waals surface area (Å²) in [5, 5.41) is 9.22. The van der Waals surface area contributed by atoms with E-state index in [-0.39, 0.29) is 0 Å². The number of nitrogens with zero attached hydrogens (tertiary/aromatic N) is 3. The monoisotopic (exact) mass is 301 g/mol. The van der Waals surface area contributed by atoms with Crippen LogP contribution in [0.5, 0.6) is 0 Å². The van der Waals surface area contributed by atoms with Gasteiger partial charge in [-0.3, -0.25) is 0 Å². The second-order valence-electron chi connectivity index (χ2n) is 3.65. The molecule has 0 N–H and O–H groups in total. The fourth-order valence-electron chi connectivity index (χ4n) is 1.40. The van der Waals surface area contributed by atoms with Gasteiger partial charge in [0, 0.05) is 18.8 Å². The van der Waals surface area contributed by atoms with Gasteiger partial charge in [-0.05, 0) is 35.8 Å². The first-order chi connectivity index (χ1) is 7.56. The number of hydrogen-bond acceptors (Lipinski definition) is 3. The van der Waals surface area contributed by atoms with Crippen LogP contribution in [0.2, 0.25) is 5.02 Å². The summed E-state index contributed by atoms with van der Waals surface area (Å²) in [6.07, 6.45) is 2.10. The maximum absolute atomic E-state index is 8.63. The third-order valence-electron chi connectivity index (χ3n) is 2.15. The molecule has 1 aromatic rings. The SMILES string of the molecule is CC(C)N(CCC#N)c1ncc(Cl)cc1Br. The Morgan fingerprint density at radius 1 is 1.62 bits per heavy atom. The van der Waals surface area contributed by atoms with Crippen molar-refractivity contribution in [2.75, 3.05) is 11.4 Å². The Balaban J connectivity index is 2.97. The highest BCUT2D eigenvalue weighted by atomic mass is 79.9. The molecule has 0 aliphatic rings. The molecule has 0 saturated carbocycles. The Labute approximate surface area is 109 Å². The molecule has 0 spiro atoms. The molecule has 1 rings (SSSR count). The molecule has 0 amide bonds. The molecule has 86 valence electrons. The van der Waals surface area contributed by atoms with Gasteiger partial charge < -0.3 is 4.90 Å². The molecule has 0 unspecified atom stereocenters. The van der Waals surface area contributed by atoms with Crippen molar-refractivity contribution >= 4 is 33.3 Å². The first-order valence-corrected chi connectivity index (χ1v) is 6.18. The van der Waals surface area contributed by atoms with Gasteiger partial charge in [0.15, 0.2) is 0 Å². The van der Waals surface area contributed by atoms with E-state index in [0.29, 0.717) is 24.0 Å². The lowest BCUT2D eigenvalue weighted by molar-refractivity contribution is 0.675. The van der Waals surface area contributed by atoms with Crippen LogP contribution in [-0.4, -0.2) is 17.6 Å². The topological polar surface area (TPSA) is 39.9 Å². The van der Waals surface area contributed by atoms with Gasteiger partial charge in [0.05, 0.1) is 22.0 Å². The molecule has 1 heterocycles. The molecule has 3 nitrogen and oxygen atoms in total. The van der Waals surface area contributed by atoms with E-state index in [0.717, 1.165) is 10.3 Å². The Morgan fingerprint density at radius 3 is 2.81 bits per heavy atom. The van der Waals surface area contributed by atoms with Gasteiger partial charge in [0.2, 0.25) is 0 Å². The van der Waals surface area contributed by atoms with E-state index in [2.05, 4.69) is 45.7 Å². The minimum atomic E-state index is 0.290. The van der Waals surface area contributed by atoms with Gasteiger partial charge in [-0.1, -0.05) is 11.6 Å². The standard InChI is InChI=1S/C11H13BrClN3/c1-8(2)16(5-3-4-14)11-10(12)6-9(13)7-15-11/h6-8H,3,5H2,1-2H3. The Kier molecular flexibility index (Phi) is 5.04. The number of halogens is 2. The fraction of sp³-hybridized carbons (Fsp3) is 0.455. The predicted molar refractivity (Wildman–Crippen MR) is 69.7 cm³/mol. The summed E-state index contributed by atoms with van der Waals surface area (Å²) in [6, 6.07) is 4.24. The number of anilines is 1. The summed E-state index contributed by atoms with van der Waals surface area (Å²) in [5.74, 6) is 0.828. The van der Waals surface area contributed by atoms with Crippen molar-refractivity contribution in [3.05, 3.63) is 21.8 Å². The summed E-state index contributed by atoms with van der Waals surface area (Å²) >= 11 is 9.28. The molecule has 0 fully saturated rings. The van der Waals surface area contributed by atoms with Crippen LogP contribution in [0.25, 0.3) is 0 Å². The lowest BCUT2D eigenvalue weighted by Crippen LogP contribution is -2.32. The average Bonchev–Trinajstić information content (AvgIpc) is 2.20. The molecule has 0 aliphatic carbocycles. The summed E-state index contributed by atoms with van der Waals surface area (Å²) in [7, 11) is 0. The lowest BCUT2D eigenvalue weighted by atomic mass is 10.3. The van der Waals surface area contributed by atoms with Gasteiger partial charge in [-0.15, -0.1) is 0 Å². The van der Waals surface area contributed by atoms with Crippen molar-refractivity contribution in [2.24, 2.45) is 0 Å². The summed E-state index contributed by atoms with van der Waals surface area (Å²) < 4.78 is 0.853. The summed E-state index contributed by atoms with van der Waals surface area (Å²) in [5.41, 5.74) is 0. The quantitative estimate of drug-likeness (QED) is 0.852. The van der Waals surface area contributed by atoms with Crippen molar-refractivity contribution in [1.29, 1.82) is 5.26 Å². The zero-order valence-corrected chi connectivity index (χ0v) is 11.6. The Hall–Kier alpha value is -0.790. The molecule has 0 aromatic carbocycles. The zero-order valence-electron chi connectivity index (χ0n) is 9.24. The van der Waals surface area contributed by atoms with E-state index in [1.807, 2.05) is 6.07 Å². The highest BCUT2D eigenvalue weighted by Crippen LogP contribution is 2.27. The number of aromatic nitrogens is 1. The van der Waals surface area contributed by atoms with Gasteiger partial charge in [-0.25, -0.2) is 4.98 Å². The van der Waals surface area contributed by atoms with Crippen molar-refractivity contribution < 1.29 is 0 Å². The van der Waals surface area contributed by atoms with Gasteiger partial charge in [0.1, 0.15) is 5.82 Å². The molecule has 0 atom stereocenters. The van der Waals surface area contributed by atoms with Crippen molar-refractivity contribution in [1.82, 2.24) is 4.98 Å². The largest absolute Gasteiger partial charge is 0.352 e. The van der Waals surface area contributed by atoms with Gasteiger partial charge in [-0.2, -0.15) is 5.26 Å². The van der Waals surface area contributed by atoms with E-state index in [1.54, 1.807) is 6.20 Å². The molecule has 16 heavy (non-hydrogen) atoms. The lowest BCUT2D eigenvalue weighted by Gasteiger charge is -2.27. The molecule has 0 aliphatic heterocycles. The van der Waals surface area contributed by atoms with Crippen LogP contribution in [0.4, 0.5) is 5.82 Å². The number of hydrogen-bond donors (Lipinski definition) is 0. The maximum Gasteiger partial charge on any atom is 0.143 e. The van der Waals surface area contributed by atoms with Crippen LogP contribution in [0.3, 0.4) is 0 Å². The zero-order chi connectivity index (χ0) is 12.1. The average molecular weight is 303 g/mol. The first-order valence-electron chi connectivity index (χ1n) is 5.01. The van der Waals surface area contributed by atoms with E-state index in [4.69, 9.17) is 16.9 Å². The highest BCUT2D eigenvalue weighted by molar-refractivity contribution is 9.10. The molecule has 1 aromatic heterocycles. The van der Waals surface area contributed by atoms with Gasteiger partial charge >= 0.3 is 0 Å². The molecule has 0 saturated heterocycles. The smallest absolute Gasteiger partial charge is 0.143 e. The third-order valence-corrected chi connectivity index (χ3v) is 2.94. The molecule has 5 heteroatoms. The van der Waals surface area contributed by atoms with E-state index in [1.165, 1.54) is 0 Å². The van der Waals surface area contributed by atoms with Crippen molar-refractivity contribution in [2.45, 2.75) is 26.3 Å². The Bertz CT molecular complexity index is 401. The van der Waals surface area contributed by atoms with Gasteiger partial charge in [0.25, 0.3) is 0 Å². The normalized spacial score (nSPS) is 10.2. The van der Waals surface area contributed by atoms with Crippen LogP contribution < -0.4 is 4.90 Å². The summed E-state index contributed by atoms with van der Waals surface area (Å²) in [6.45, 7) is 4.81. The molecular formula is C11H13BrClN3. The number of pyridine rings is 1. The fourth-order valence-corrected chi connectivity index (χ4v) is 2.26. The second kappa shape index (κ2) is 6.07. The van der Waals surface area contributed by atoms with Crippen LogP contribution in [0.15, 0.2) is 16.7 Å². The minimum absolute atomic E-state index is 0.290. The Morgan fingerprint density at radius 2 is 2.31 bits per heavy atom. The van der Waals surface area contributed by atoms with E-state index < -0.39 is 0 Å². The maximum atomic E-state index is 8.63. The first kappa shape index (κ1) is 13.3. The van der Waals surface area contributed by atoms with Crippen LogP contribution in [0, 0.1) is 11.3 Å². The number of nitriles is 1. The third kappa shape index (κ3) is 3.36. The highest BCUT2D eigenvalue weighted by Gasteiger charge is 2.14. The van der Waals surface area contributed by atoms with Crippen molar-refractivity contribution in [3.8, 4) is 6.07 Å². The van der Waals surface area contributed by atoms with Crippen LogP contribution >= 0.6 is 27.5 Å². The minimum Gasteiger partial charge on any atom is -0.352 e.